The van der Waals surface area contributed by atoms with Crippen LogP contribution in [0.15, 0.2) is 29.2 Å². The van der Waals surface area contributed by atoms with E-state index in [1.165, 1.54) is 7.05 Å². The van der Waals surface area contributed by atoms with E-state index < -0.39 is 10.0 Å². The van der Waals surface area contributed by atoms with Crippen molar-refractivity contribution in [2.75, 3.05) is 31.6 Å². The second kappa shape index (κ2) is 5.26. The van der Waals surface area contributed by atoms with Crippen LogP contribution in [0.1, 0.15) is 6.42 Å². The van der Waals surface area contributed by atoms with Crippen LogP contribution in [0.3, 0.4) is 0 Å². The van der Waals surface area contributed by atoms with Gasteiger partial charge in [-0.3, -0.25) is 0 Å². The molecule has 1 unspecified atom stereocenters. The molecule has 2 rings (SSSR count). The van der Waals surface area contributed by atoms with E-state index in [1.807, 2.05) is 12.1 Å². The molecule has 0 spiro atoms. The molecule has 1 aromatic carbocycles. The van der Waals surface area contributed by atoms with E-state index in [4.69, 9.17) is 5.73 Å². The summed E-state index contributed by atoms with van der Waals surface area (Å²) in [7, 11) is -1.93. The first-order valence-corrected chi connectivity index (χ1v) is 7.54. The molecule has 1 heterocycles. The van der Waals surface area contributed by atoms with E-state index in [1.54, 1.807) is 12.1 Å². The smallest absolute Gasteiger partial charge is 0.240 e. The van der Waals surface area contributed by atoms with E-state index in [0.717, 1.165) is 25.2 Å². The first-order valence-electron chi connectivity index (χ1n) is 6.05. The zero-order chi connectivity index (χ0) is 13.2. The number of hydrogen-bond donors (Lipinski definition) is 2. The Morgan fingerprint density at radius 1 is 1.39 bits per heavy atom. The summed E-state index contributed by atoms with van der Waals surface area (Å²) in [6, 6.07) is 6.97. The average Bonchev–Trinajstić information content (AvgIpc) is 2.87. The standard InChI is InChI=1S/C12H19N3O2S/c1-14-18(16,17)12-4-2-11(3-5-12)15-7-6-10(8-13)9-15/h2-5,10,14H,6-9,13H2,1H3. The molecule has 3 N–H and O–H groups in total. The summed E-state index contributed by atoms with van der Waals surface area (Å²) in [5.41, 5.74) is 6.72. The summed E-state index contributed by atoms with van der Waals surface area (Å²) in [5.74, 6) is 0.547. The number of hydrogen-bond acceptors (Lipinski definition) is 4. The van der Waals surface area contributed by atoms with Crippen molar-refractivity contribution in [1.29, 1.82) is 0 Å². The van der Waals surface area contributed by atoms with Crippen molar-refractivity contribution in [2.45, 2.75) is 11.3 Å². The highest BCUT2D eigenvalue weighted by molar-refractivity contribution is 7.89. The number of anilines is 1. The molecule has 0 radical (unpaired) electrons. The van der Waals surface area contributed by atoms with Gasteiger partial charge >= 0.3 is 0 Å². The molecule has 18 heavy (non-hydrogen) atoms. The number of nitrogens with two attached hydrogens (primary N) is 1. The summed E-state index contributed by atoms with van der Waals surface area (Å²) in [5, 5.41) is 0. The SMILES string of the molecule is CNS(=O)(=O)c1ccc(N2CCC(CN)C2)cc1. The van der Waals surface area contributed by atoms with Gasteiger partial charge in [0.2, 0.25) is 10.0 Å². The predicted octanol–water partition coefficient (Wildman–Crippen LogP) is 0.380. The van der Waals surface area contributed by atoms with E-state index in [9.17, 15) is 8.42 Å². The third-order valence-corrected chi connectivity index (χ3v) is 4.83. The lowest BCUT2D eigenvalue weighted by atomic mass is 10.1. The molecule has 1 aromatic rings. The molecular formula is C12H19N3O2S. The lowest BCUT2D eigenvalue weighted by Gasteiger charge is -2.18. The minimum Gasteiger partial charge on any atom is -0.371 e. The number of nitrogens with one attached hydrogen (secondary N) is 1. The van der Waals surface area contributed by atoms with E-state index in [2.05, 4.69) is 9.62 Å². The van der Waals surface area contributed by atoms with Crippen molar-refractivity contribution >= 4 is 15.7 Å². The Bertz CT molecular complexity index is 499. The molecule has 100 valence electrons. The Morgan fingerprint density at radius 2 is 2.06 bits per heavy atom. The van der Waals surface area contributed by atoms with Gasteiger partial charge in [0.15, 0.2) is 0 Å². The van der Waals surface area contributed by atoms with Crippen LogP contribution in [0.4, 0.5) is 5.69 Å². The molecule has 0 bridgehead atoms. The average molecular weight is 269 g/mol. The maximum atomic E-state index is 11.6. The molecule has 1 fully saturated rings. The molecular weight excluding hydrogens is 250 g/mol. The number of nitrogens with zero attached hydrogens (tertiary/aromatic N) is 1. The summed E-state index contributed by atoms with van der Waals surface area (Å²) in [6.07, 6.45) is 1.10. The van der Waals surface area contributed by atoms with Crippen molar-refractivity contribution in [3.05, 3.63) is 24.3 Å². The zero-order valence-corrected chi connectivity index (χ0v) is 11.3. The predicted molar refractivity (Wildman–Crippen MR) is 72.1 cm³/mol. The van der Waals surface area contributed by atoms with Crippen molar-refractivity contribution < 1.29 is 8.42 Å². The van der Waals surface area contributed by atoms with Gasteiger partial charge < -0.3 is 10.6 Å². The van der Waals surface area contributed by atoms with Gasteiger partial charge in [0.25, 0.3) is 0 Å². The highest BCUT2D eigenvalue weighted by Crippen LogP contribution is 2.24. The normalized spacial score (nSPS) is 20.3. The fourth-order valence-electron chi connectivity index (χ4n) is 2.21. The fourth-order valence-corrected chi connectivity index (χ4v) is 2.94. The Hall–Kier alpha value is -1.11. The molecule has 1 aliphatic rings. The summed E-state index contributed by atoms with van der Waals surface area (Å²) in [4.78, 5) is 2.54. The van der Waals surface area contributed by atoms with Gasteiger partial charge in [0.1, 0.15) is 0 Å². The molecule has 0 aliphatic carbocycles. The van der Waals surface area contributed by atoms with Gasteiger partial charge in [-0.05, 0) is 50.2 Å². The second-order valence-electron chi connectivity index (χ2n) is 4.54. The topological polar surface area (TPSA) is 75.4 Å². The van der Waals surface area contributed by atoms with Crippen LogP contribution < -0.4 is 15.4 Å². The maximum Gasteiger partial charge on any atom is 0.240 e. The van der Waals surface area contributed by atoms with Crippen LogP contribution in [0.25, 0.3) is 0 Å². The highest BCUT2D eigenvalue weighted by atomic mass is 32.2. The van der Waals surface area contributed by atoms with Crippen molar-refractivity contribution in [3.63, 3.8) is 0 Å². The third-order valence-electron chi connectivity index (χ3n) is 3.40. The second-order valence-corrected chi connectivity index (χ2v) is 6.42. The molecule has 0 saturated carbocycles. The third kappa shape index (κ3) is 2.66. The van der Waals surface area contributed by atoms with Crippen molar-refractivity contribution in [2.24, 2.45) is 11.7 Å². The minimum absolute atomic E-state index is 0.295. The van der Waals surface area contributed by atoms with Crippen molar-refractivity contribution in [3.8, 4) is 0 Å². The van der Waals surface area contributed by atoms with E-state index >= 15 is 0 Å². The number of sulfonamides is 1. The molecule has 1 aliphatic heterocycles. The Labute approximate surface area is 108 Å². The van der Waals surface area contributed by atoms with Gasteiger partial charge in [-0.2, -0.15) is 0 Å². The Balaban J connectivity index is 2.14. The number of benzene rings is 1. The lowest BCUT2D eigenvalue weighted by Crippen LogP contribution is -2.23. The largest absolute Gasteiger partial charge is 0.371 e. The first-order chi connectivity index (χ1) is 8.56. The van der Waals surface area contributed by atoms with Gasteiger partial charge in [-0.15, -0.1) is 0 Å². The molecule has 5 nitrogen and oxygen atoms in total. The summed E-state index contributed by atoms with van der Waals surface area (Å²) in [6.45, 7) is 2.65. The van der Waals surface area contributed by atoms with Crippen LogP contribution >= 0.6 is 0 Å². The van der Waals surface area contributed by atoms with Gasteiger partial charge in [-0.25, -0.2) is 13.1 Å². The van der Waals surface area contributed by atoms with Gasteiger partial charge in [0.05, 0.1) is 4.90 Å². The monoisotopic (exact) mass is 269 g/mol. The maximum absolute atomic E-state index is 11.6. The Morgan fingerprint density at radius 3 is 2.56 bits per heavy atom. The fraction of sp³-hybridized carbons (Fsp3) is 0.500. The highest BCUT2D eigenvalue weighted by Gasteiger charge is 2.21. The van der Waals surface area contributed by atoms with Gasteiger partial charge in [0, 0.05) is 18.8 Å². The Kier molecular flexibility index (Phi) is 3.89. The minimum atomic E-state index is -3.34. The summed E-state index contributed by atoms with van der Waals surface area (Å²) >= 11 is 0. The summed E-state index contributed by atoms with van der Waals surface area (Å²) < 4.78 is 25.5. The quantitative estimate of drug-likeness (QED) is 0.828. The molecule has 1 atom stereocenters. The van der Waals surface area contributed by atoms with Crippen LogP contribution in [0.2, 0.25) is 0 Å². The van der Waals surface area contributed by atoms with Crippen LogP contribution in [0, 0.1) is 5.92 Å². The van der Waals surface area contributed by atoms with E-state index in [0.29, 0.717) is 17.4 Å². The van der Waals surface area contributed by atoms with Crippen LogP contribution in [-0.2, 0) is 10.0 Å². The molecule has 1 saturated heterocycles. The van der Waals surface area contributed by atoms with Crippen LogP contribution in [-0.4, -0.2) is 35.1 Å². The molecule has 0 amide bonds. The van der Waals surface area contributed by atoms with E-state index in [-0.39, 0.29) is 0 Å². The number of rotatable bonds is 4. The zero-order valence-electron chi connectivity index (χ0n) is 10.5. The first kappa shape index (κ1) is 13.3. The molecule has 6 heteroatoms. The van der Waals surface area contributed by atoms with Crippen LogP contribution in [0.5, 0.6) is 0 Å². The van der Waals surface area contributed by atoms with Gasteiger partial charge in [-0.1, -0.05) is 0 Å². The lowest BCUT2D eigenvalue weighted by molar-refractivity contribution is 0.588. The molecule has 0 aromatic heterocycles. The van der Waals surface area contributed by atoms with Crippen molar-refractivity contribution in [1.82, 2.24) is 4.72 Å².